The van der Waals surface area contributed by atoms with Crippen molar-refractivity contribution in [2.75, 3.05) is 0 Å². The number of aromatic nitrogens is 2. The Morgan fingerprint density at radius 3 is 1.58 bits per heavy atom. The largest absolute Gasteiger partial charge is 0.503 e. The Labute approximate surface area is 350 Å². The van der Waals surface area contributed by atoms with Gasteiger partial charge in [-0.05, 0) is 63.1 Å². The Balaban J connectivity index is 0.000000158. The third-order valence-electron chi connectivity index (χ3n) is 12.5. The van der Waals surface area contributed by atoms with Crippen LogP contribution in [0.25, 0.3) is 0 Å². The van der Waals surface area contributed by atoms with E-state index in [9.17, 15) is 52.2 Å². The highest BCUT2D eigenvalue weighted by Gasteiger charge is 2.49. The molecule has 2 aromatic heterocycles. The predicted molar refractivity (Wildman–Crippen MR) is 210 cm³/mol. The number of rotatable bonds is 6. The number of nitrogens with one attached hydrogen (secondary N) is 2. The van der Waals surface area contributed by atoms with Crippen LogP contribution < -0.4 is 21.5 Å². The maximum atomic E-state index is 14.0. The number of halogens is 3. The topological polar surface area (TPSA) is 202 Å². The summed E-state index contributed by atoms with van der Waals surface area (Å²) in [5.74, 6) is -6.17. The van der Waals surface area contributed by atoms with Gasteiger partial charge in [-0.3, -0.25) is 28.8 Å². The standard InChI is InChI=1S/C22H22FN3O5.C21H19F2N3O5/c1-11-2-3-12(16(23)6-11)8-24-21(29)15-9-25-10-17-26(13-4-5-14(7-13)31-17)22(30)18(25)20(28)19(15)27;22-11-2-1-10(15(23)5-11)7-24-20(29)14-8-25-9-16-26(12-3-4-13(6-12)31-16)21(30)17(25)19(28)18(14)27/h2-3,6,9,13-14,17,28H,4-5,7-8,10H2,1H3,(H,24,29);1-2,5,8,12-13,16,28H,3-4,6-7,9H2,(H,24,29)/t13-,14+,17+;12-,13+,16+/m11/s1. The number of amides is 4. The van der Waals surface area contributed by atoms with Gasteiger partial charge in [0.25, 0.3) is 23.6 Å². The highest BCUT2D eigenvalue weighted by atomic mass is 19.1. The first-order valence-corrected chi connectivity index (χ1v) is 20.3. The molecule has 2 saturated heterocycles. The smallest absolute Gasteiger partial charge is 0.276 e. The molecular weight excluding hydrogens is 817 g/mol. The summed E-state index contributed by atoms with van der Waals surface area (Å²) in [5.41, 5.74) is -1.85. The number of carbonyl (C=O) groups is 4. The number of ether oxygens (including phenoxy) is 2. The Kier molecular flexibility index (Phi) is 10.4. The van der Waals surface area contributed by atoms with Gasteiger partial charge in [0.15, 0.2) is 35.3 Å². The molecule has 0 radical (unpaired) electrons. The van der Waals surface area contributed by atoms with Gasteiger partial charge in [-0.2, -0.15) is 0 Å². The Morgan fingerprint density at radius 1 is 0.677 bits per heavy atom. The number of aromatic hydroxyl groups is 2. The highest BCUT2D eigenvalue weighted by molar-refractivity contribution is 6.00. The Bertz CT molecular complexity index is 2510. The third kappa shape index (κ3) is 7.17. The summed E-state index contributed by atoms with van der Waals surface area (Å²) in [6.45, 7) is 1.75. The van der Waals surface area contributed by atoms with Crippen LogP contribution in [0.1, 0.15) is 96.9 Å². The van der Waals surface area contributed by atoms with Gasteiger partial charge in [0.1, 0.15) is 28.6 Å². The molecule has 2 aliphatic carbocycles. The molecule has 324 valence electrons. The van der Waals surface area contributed by atoms with Crippen LogP contribution in [0.15, 0.2) is 58.4 Å². The van der Waals surface area contributed by atoms with Crippen molar-refractivity contribution in [1.29, 1.82) is 0 Å². The van der Waals surface area contributed by atoms with Gasteiger partial charge < -0.3 is 49.3 Å². The van der Waals surface area contributed by atoms with Crippen molar-refractivity contribution in [1.82, 2.24) is 29.6 Å². The van der Waals surface area contributed by atoms with E-state index in [1.165, 1.54) is 33.7 Å². The van der Waals surface area contributed by atoms with E-state index in [1.54, 1.807) is 28.9 Å². The first-order valence-electron chi connectivity index (χ1n) is 20.3. The average molecular weight is 859 g/mol. The quantitative estimate of drug-likeness (QED) is 0.223. The van der Waals surface area contributed by atoms with Gasteiger partial charge in [-0.15, -0.1) is 0 Å². The first kappa shape index (κ1) is 40.9. The van der Waals surface area contributed by atoms with Crippen molar-refractivity contribution in [3.05, 3.63) is 126 Å². The molecular formula is C43H41F3N6O10. The zero-order valence-corrected chi connectivity index (χ0v) is 33.2. The van der Waals surface area contributed by atoms with Crippen LogP contribution in [-0.4, -0.2) is 89.5 Å². The number of carbonyl (C=O) groups excluding carboxylic acids is 4. The van der Waals surface area contributed by atoms with E-state index >= 15 is 0 Å². The minimum atomic E-state index is -0.989. The van der Waals surface area contributed by atoms with Crippen molar-refractivity contribution in [3.8, 4) is 11.5 Å². The number of pyridine rings is 2. The summed E-state index contributed by atoms with van der Waals surface area (Å²) < 4.78 is 55.6. The summed E-state index contributed by atoms with van der Waals surface area (Å²) >= 11 is 0. The van der Waals surface area contributed by atoms with Gasteiger partial charge >= 0.3 is 0 Å². The van der Waals surface area contributed by atoms with E-state index in [-0.39, 0.29) is 84.1 Å². The molecule has 6 aliphatic rings. The van der Waals surface area contributed by atoms with E-state index in [2.05, 4.69) is 10.6 Å². The molecule has 4 fully saturated rings. The molecule has 6 atom stereocenters. The highest BCUT2D eigenvalue weighted by Crippen LogP contribution is 2.40. The van der Waals surface area contributed by atoms with Gasteiger partial charge in [0, 0.05) is 54.8 Å². The zero-order chi connectivity index (χ0) is 43.7. The van der Waals surface area contributed by atoms with E-state index in [4.69, 9.17) is 9.47 Å². The molecule has 2 aromatic carbocycles. The lowest BCUT2D eigenvalue weighted by Gasteiger charge is -2.44. The van der Waals surface area contributed by atoms with Crippen molar-refractivity contribution >= 4 is 23.6 Å². The van der Waals surface area contributed by atoms with E-state index in [0.29, 0.717) is 6.07 Å². The SMILES string of the molecule is Cc1ccc(CNC(=O)c2cn3c(c(O)c2=O)C(=O)N2[C@@H]4CC[C@@H](C4)O[C@H]2C3)c(F)c1.O=C(NCc1ccc(F)cc1F)c1cn2c(c(O)c1=O)C(=O)N1[C@@H]3CC[C@@H](C3)O[C@H]1C2. The Morgan fingerprint density at radius 2 is 1.13 bits per heavy atom. The maximum absolute atomic E-state index is 14.0. The van der Waals surface area contributed by atoms with Crippen LogP contribution in [-0.2, 0) is 35.7 Å². The van der Waals surface area contributed by atoms with Crippen molar-refractivity contribution in [3.63, 3.8) is 0 Å². The molecule has 62 heavy (non-hydrogen) atoms. The van der Waals surface area contributed by atoms with E-state index in [1.807, 2.05) is 0 Å². The fraction of sp³-hybridized carbons (Fsp3) is 0.395. The summed E-state index contributed by atoms with van der Waals surface area (Å²) in [7, 11) is 0. The Hall–Kier alpha value is -6.47. The lowest BCUT2D eigenvalue weighted by Crippen LogP contribution is -2.57. The van der Waals surface area contributed by atoms with Gasteiger partial charge in [-0.25, -0.2) is 13.2 Å². The second-order valence-electron chi connectivity index (χ2n) is 16.4. The molecule has 10 rings (SSSR count). The molecule has 0 spiro atoms. The zero-order valence-electron chi connectivity index (χ0n) is 33.2. The van der Waals surface area contributed by atoms with Crippen LogP contribution in [0.5, 0.6) is 11.5 Å². The van der Waals surface area contributed by atoms with Crippen LogP contribution in [0.4, 0.5) is 13.2 Å². The first-order chi connectivity index (χ1) is 29.7. The predicted octanol–water partition coefficient (Wildman–Crippen LogP) is 3.16. The molecule has 6 heterocycles. The fourth-order valence-electron chi connectivity index (χ4n) is 9.43. The van der Waals surface area contributed by atoms with Crippen LogP contribution >= 0.6 is 0 Å². The number of aryl methyl sites for hydroxylation is 1. The van der Waals surface area contributed by atoms with Gasteiger partial charge in [0.05, 0.1) is 25.3 Å². The average Bonchev–Trinajstić information content (AvgIpc) is 3.80. The normalized spacial score (nSPS) is 24.0. The number of nitrogens with zero attached hydrogens (tertiary/aromatic N) is 4. The van der Waals surface area contributed by atoms with E-state index in [0.717, 1.165) is 50.2 Å². The monoisotopic (exact) mass is 858 g/mol. The van der Waals surface area contributed by atoms with Crippen molar-refractivity contribution in [2.24, 2.45) is 0 Å². The summed E-state index contributed by atoms with van der Waals surface area (Å²) in [4.78, 5) is 79.8. The summed E-state index contributed by atoms with van der Waals surface area (Å²) in [6.07, 6.45) is 6.46. The third-order valence-corrected chi connectivity index (χ3v) is 12.5. The molecule has 4 N–H and O–H groups in total. The number of hydrogen-bond acceptors (Lipinski definition) is 10. The molecule has 4 bridgehead atoms. The molecule has 2 saturated carbocycles. The van der Waals surface area contributed by atoms with Crippen LogP contribution in [0, 0.1) is 24.4 Å². The van der Waals surface area contributed by atoms with Crippen LogP contribution in [0.2, 0.25) is 0 Å². The molecule has 19 heteroatoms. The minimum Gasteiger partial charge on any atom is -0.503 e. The second-order valence-corrected chi connectivity index (χ2v) is 16.4. The second kappa shape index (κ2) is 15.8. The molecule has 4 amide bonds. The van der Waals surface area contributed by atoms with Gasteiger partial charge in [-0.1, -0.05) is 18.2 Å². The molecule has 4 aliphatic heterocycles. The summed E-state index contributed by atoms with van der Waals surface area (Å²) in [5, 5.41) is 25.9. The van der Waals surface area contributed by atoms with E-state index < -0.39 is 75.9 Å². The fourth-order valence-corrected chi connectivity index (χ4v) is 9.43. The molecule has 4 aromatic rings. The summed E-state index contributed by atoms with van der Waals surface area (Å²) in [6, 6.07) is 7.61. The lowest BCUT2D eigenvalue weighted by molar-refractivity contribution is -0.132. The molecule has 0 unspecified atom stereocenters. The molecule has 16 nitrogen and oxygen atoms in total. The van der Waals surface area contributed by atoms with Crippen molar-refractivity contribution < 1.29 is 52.0 Å². The lowest BCUT2D eigenvalue weighted by atomic mass is 10.1. The minimum absolute atomic E-state index is 0.00748. The number of fused-ring (bicyclic) bond motifs is 10. The van der Waals surface area contributed by atoms with Gasteiger partial charge in [0.2, 0.25) is 10.9 Å². The maximum Gasteiger partial charge on any atom is 0.276 e. The van der Waals surface area contributed by atoms with Crippen molar-refractivity contribution in [2.45, 2.75) is 108 Å². The van der Waals surface area contributed by atoms with Crippen LogP contribution in [0.3, 0.4) is 0 Å². The number of hydrogen-bond donors (Lipinski definition) is 4. The number of benzene rings is 2.